The number of carbonyl (C=O) groups is 1. The van der Waals surface area contributed by atoms with E-state index in [2.05, 4.69) is 10.4 Å². The molecule has 3 aromatic rings. The number of carbonyl (C=O) groups excluding carboxylic acids is 1. The summed E-state index contributed by atoms with van der Waals surface area (Å²) in [7, 11) is 0. The van der Waals surface area contributed by atoms with Crippen molar-refractivity contribution < 1.29 is 9.53 Å². The lowest BCUT2D eigenvalue weighted by Crippen LogP contribution is -2.34. The standard InChI is InChI=1S/C17H18N4O3/c1-13-5-7-14(8-6-13)24-12-16(22)18-9-11-21-17(23)20-10-3-2-4-15(20)19-21/h2-8,10H,9,11-12H2,1H3,(H,18,22). The molecular weight excluding hydrogens is 308 g/mol. The highest BCUT2D eigenvalue weighted by Gasteiger charge is 2.07. The molecule has 0 saturated heterocycles. The Balaban J connectivity index is 1.48. The molecule has 0 unspecified atom stereocenters. The molecule has 0 saturated carbocycles. The molecule has 124 valence electrons. The van der Waals surface area contributed by atoms with Crippen molar-refractivity contribution in [3.8, 4) is 5.75 Å². The summed E-state index contributed by atoms with van der Waals surface area (Å²) in [4.78, 5) is 23.8. The molecule has 2 heterocycles. The van der Waals surface area contributed by atoms with Gasteiger partial charge in [-0.05, 0) is 31.2 Å². The van der Waals surface area contributed by atoms with Gasteiger partial charge in [-0.15, -0.1) is 5.10 Å². The van der Waals surface area contributed by atoms with E-state index in [9.17, 15) is 9.59 Å². The van der Waals surface area contributed by atoms with Crippen molar-refractivity contribution in [1.82, 2.24) is 19.5 Å². The van der Waals surface area contributed by atoms with E-state index in [1.54, 1.807) is 18.3 Å². The van der Waals surface area contributed by atoms with E-state index in [0.717, 1.165) is 5.56 Å². The van der Waals surface area contributed by atoms with Crippen LogP contribution in [0.3, 0.4) is 0 Å². The zero-order valence-electron chi connectivity index (χ0n) is 13.3. The van der Waals surface area contributed by atoms with Crippen LogP contribution in [0, 0.1) is 6.92 Å². The van der Waals surface area contributed by atoms with Crippen LogP contribution in [0.4, 0.5) is 0 Å². The van der Waals surface area contributed by atoms with E-state index < -0.39 is 0 Å². The number of amides is 1. The fourth-order valence-electron chi connectivity index (χ4n) is 2.25. The molecule has 24 heavy (non-hydrogen) atoms. The predicted octanol–water partition coefficient (Wildman–Crippen LogP) is 1.000. The zero-order valence-corrected chi connectivity index (χ0v) is 13.3. The molecule has 0 fully saturated rings. The average molecular weight is 326 g/mol. The van der Waals surface area contributed by atoms with E-state index in [4.69, 9.17) is 4.74 Å². The SMILES string of the molecule is Cc1ccc(OCC(=O)NCCn2nc3ccccn3c2=O)cc1. The van der Waals surface area contributed by atoms with Gasteiger partial charge >= 0.3 is 5.69 Å². The number of pyridine rings is 1. The van der Waals surface area contributed by atoms with Gasteiger partial charge in [-0.3, -0.25) is 9.20 Å². The van der Waals surface area contributed by atoms with Gasteiger partial charge in [-0.1, -0.05) is 23.8 Å². The Morgan fingerprint density at radius 1 is 1.21 bits per heavy atom. The number of rotatable bonds is 6. The average Bonchev–Trinajstić information content (AvgIpc) is 2.91. The molecule has 7 nitrogen and oxygen atoms in total. The second kappa shape index (κ2) is 6.99. The maximum atomic E-state index is 12.1. The lowest BCUT2D eigenvalue weighted by molar-refractivity contribution is -0.123. The molecular formula is C17H18N4O3. The second-order valence-corrected chi connectivity index (χ2v) is 5.39. The van der Waals surface area contributed by atoms with E-state index in [-0.39, 0.29) is 18.2 Å². The van der Waals surface area contributed by atoms with Gasteiger partial charge in [0.15, 0.2) is 12.3 Å². The predicted molar refractivity (Wildman–Crippen MR) is 89.1 cm³/mol. The highest BCUT2D eigenvalue weighted by molar-refractivity contribution is 5.77. The normalized spacial score (nSPS) is 10.7. The minimum absolute atomic E-state index is 0.0663. The van der Waals surface area contributed by atoms with Crippen LogP contribution in [-0.4, -0.2) is 33.2 Å². The molecule has 1 aromatic carbocycles. The molecule has 0 spiro atoms. The number of hydrogen-bond acceptors (Lipinski definition) is 4. The van der Waals surface area contributed by atoms with Crippen molar-refractivity contribution in [1.29, 1.82) is 0 Å². The number of benzene rings is 1. The number of nitrogens with zero attached hydrogens (tertiary/aromatic N) is 3. The quantitative estimate of drug-likeness (QED) is 0.733. The van der Waals surface area contributed by atoms with Gasteiger partial charge in [0, 0.05) is 12.7 Å². The van der Waals surface area contributed by atoms with Gasteiger partial charge in [0.2, 0.25) is 0 Å². The van der Waals surface area contributed by atoms with Crippen LogP contribution in [0.2, 0.25) is 0 Å². The molecule has 0 bridgehead atoms. The molecule has 0 radical (unpaired) electrons. The molecule has 3 rings (SSSR count). The van der Waals surface area contributed by atoms with Crippen molar-refractivity contribution in [2.45, 2.75) is 13.5 Å². The summed E-state index contributed by atoms with van der Waals surface area (Å²) >= 11 is 0. The summed E-state index contributed by atoms with van der Waals surface area (Å²) < 4.78 is 8.19. The molecule has 7 heteroatoms. The summed E-state index contributed by atoms with van der Waals surface area (Å²) in [6.45, 7) is 2.53. The maximum absolute atomic E-state index is 12.1. The fourth-order valence-corrected chi connectivity index (χ4v) is 2.25. The smallest absolute Gasteiger partial charge is 0.350 e. The first kappa shape index (κ1) is 15.8. The number of aromatic nitrogens is 3. The Bertz CT molecular complexity index is 896. The summed E-state index contributed by atoms with van der Waals surface area (Å²) in [5.41, 5.74) is 1.48. The molecule has 1 N–H and O–H groups in total. The third-order valence-corrected chi connectivity index (χ3v) is 3.53. The van der Waals surface area contributed by atoms with Crippen molar-refractivity contribution in [2.24, 2.45) is 0 Å². The van der Waals surface area contributed by atoms with Crippen LogP contribution in [0.1, 0.15) is 5.56 Å². The van der Waals surface area contributed by atoms with Crippen molar-refractivity contribution in [3.63, 3.8) is 0 Å². The van der Waals surface area contributed by atoms with E-state index in [1.807, 2.05) is 37.3 Å². The first-order valence-electron chi connectivity index (χ1n) is 7.64. The summed E-state index contributed by atoms with van der Waals surface area (Å²) in [5.74, 6) is 0.403. The Kier molecular flexibility index (Phi) is 4.60. The number of fused-ring (bicyclic) bond motifs is 1. The Morgan fingerprint density at radius 3 is 2.75 bits per heavy atom. The van der Waals surface area contributed by atoms with Gasteiger partial charge in [0.25, 0.3) is 5.91 Å². The Morgan fingerprint density at radius 2 is 2.00 bits per heavy atom. The second-order valence-electron chi connectivity index (χ2n) is 5.39. The van der Waals surface area contributed by atoms with Crippen molar-refractivity contribution in [3.05, 3.63) is 64.7 Å². The Labute approximate surface area is 138 Å². The van der Waals surface area contributed by atoms with E-state index >= 15 is 0 Å². The van der Waals surface area contributed by atoms with Crippen LogP contribution in [-0.2, 0) is 11.3 Å². The number of hydrogen-bond donors (Lipinski definition) is 1. The van der Waals surface area contributed by atoms with Gasteiger partial charge in [-0.25, -0.2) is 9.48 Å². The summed E-state index contributed by atoms with van der Waals surface area (Å²) in [5, 5.41) is 6.91. The molecule has 0 atom stereocenters. The third kappa shape index (κ3) is 3.62. The first-order chi connectivity index (χ1) is 11.6. The summed E-state index contributed by atoms with van der Waals surface area (Å²) in [6.07, 6.45) is 1.66. The van der Waals surface area contributed by atoms with Crippen LogP contribution < -0.4 is 15.7 Å². The molecule has 0 aliphatic carbocycles. The van der Waals surface area contributed by atoms with Gasteiger partial charge in [0.05, 0.1) is 6.54 Å². The fraction of sp³-hybridized carbons (Fsp3) is 0.235. The third-order valence-electron chi connectivity index (χ3n) is 3.53. The molecule has 1 amide bonds. The molecule has 0 aliphatic heterocycles. The van der Waals surface area contributed by atoms with Gasteiger partial charge in [0.1, 0.15) is 5.75 Å². The highest BCUT2D eigenvalue weighted by atomic mass is 16.5. The number of nitrogens with one attached hydrogen (secondary N) is 1. The molecule has 0 aliphatic rings. The van der Waals surface area contributed by atoms with Crippen molar-refractivity contribution in [2.75, 3.05) is 13.2 Å². The van der Waals surface area contributed by atoms with Crippen LogP contribution >= 0.6 is 0 Å². The zero-order chi connectivity index (χ0) is 16.9. The van der Waals surface area contributed by atoms with Gasteiger partial charge in [-0.2, -0.15) is 0 Å². The molecule has 2 aromatic heterocycles. The number of aryl methyl sites for hydroxylation is 1. The lowest BCUT2D eigenvalue weighted by Gasteiger charge is -2.07. The van der Waals surface area contributed by atoms with Crippen LogP contribution in [0.5, 0.6) is 5.75 Å². The highest BCUT2D eigenvalue weighted by Crippen LogP contribution is 2.10. The largest absolute Gasteiger partial charge is 0.484 e. The van der Waals surface area contributed by atoms with E-state index in [0.29, 0.717) is 24.5 Å². The monoisotopic (exact) mass is 326 g/mol. The first-order valence-corrected chi connectivity index (χ1v) is 7.64. The maximum Gasteiger partial charge on any atom is 0.350 e. The minimum Gasteiger partial charge on any atom is -0.484 e. The minimum atomic E-state index is -0.243. The number of ether oxygens (including phenoxy) is 1. The lowest BCUT2D eigenvalue weighted by atomic mass is 10.2. The van der Waals surface area contributed by atoms with Crippen LogP contribution in [0.25, 0.3) is 5.65 Å². The summed E-state index contributed by atoms with van der Waals surface area (Å²) in [6, 6.07) is 12.8. The van der Waals surface area contributed by atoms with Gasteiger partial charge < -0.3 is 10.1 Å². The Hall–Kier alpha value is -3.09. The van der Waals surface area contributed by atoms with Crippen molar-refractivity contribution >= 4 is 11.6 Å². The topological polar surface area (TPSA) is 77.6 Å². The van der Waals surface area contributed by atoms with E-state index in [1.165, 1.54) is 9.08 Å². The van der Waals surface area contributed by atoms with Crippen LogP contribution in [0.15, 0.2) is 53.5 Å².